The number of carbonyl (C=O) groups excluding carboxylic acids is 3. The molecule has 3 amide bonds. The highest BCUT2D eigenvalue weighted by molar-refractivity contribution is 14.1. The zero-order valence-electron chi connectivity index (χ0n) is 18.1. The molecule has 30 heavy (non-hydrogen) atoms. The fourth-order valence-corrected chi connectivity index (χ4v) is 4.19. The number of ether oxygens (including phenoxy) is 2. The lowest BCUT2D eigenvalue weighted by Gasteiger charge is -2.28. The van der Waals surface area contributed by atoms with Crippen LogP contribution in [0.5, 0.6) is 0 Å². The van der Waals surface area contributed by atoms with E-state index in [1.54, 1.807) is 20.8 Å². The zero-order valence-corrected chi connectivity index (χ0v) is 20.2. The number of hydrogen-bond donors (Lipinski definition) is 2. The van der Waals surface area contributed by atoms with Crippen molar-refractivity contribution in [3.63, 3.8) is 0 Å². The van der Waals surface area contributed by atoms with Gasteiger partial charge in [0.15, 0.2) is 0 Å². The molecular formula is C21H34IN3O5. The van der Waals surface area contributed by atoms with Crippen LogP contribution in [0.2, 0.25) is 0 Å². The highest BCUT2D eigenvalue weighted by Gasteiger charge is 2.40. The van der Waals surface area contributed by atoms with Crippen LogP contribution in [0, 0.1) is 5.92 Å². The molecule has 0 aromatic rings. The minimum Gasteiger partial charge on any atom is -0.444 e. The highest BCUT2D eigenvalue weighted by Crippen LogP contribution is 2.29. The number of nitrogens with zero attached hydrogens (tertiary/aromatic N) is 1. The van der Waals surface area contributed by atoms with Gasteiger partial charge in [0.2, 0.25) is 11.8 Å². The summed E-state index contributed by atoms with van der Waals surface area (Å²) in [5.74, 6) is -0.115. The number of allylic oxidation sites excluding steroid dienone is 1. The summed E-state index contributed by atoms with van der Waals surface area (Å²) in [6.45, 7) is 6.73. The molecule has 1 aliphatic heterocycles. The van der Waals surface area contributed by atoms with Gasteiger partial charge in [0.25, 0.3) is 0 Å². The van der Waals surface area contributed by atoms with Gasteiger partial charge in [-0.25, -0.2) is 4.79 Å². The maximum absolute atomic E-state index is 13.1. The van der Waals surface area contributed by atoms with Gasteiger partial charge in [0.1, 0.15) is 17.7 Å². The fraction of sp³-hybridized carbons (Fsp3) is 0.762. The van der Waals surface area contributed by atoms with Crippen LogP contribution >= 0.6 is 22.6 Å². The Hall–Kier alpha value is -1.36. The third-order valence-corrected chi connectivity index (χ3v) is 5.78. The first-order valence-corrected chi connectivity index (χ1v) is 11.8. The van der Waals surface area contributed by atoms with Gasteiger partial charge in [-0.05, 0) is 58.8 Å². The van der Waals surface area contributed by atoms with Crippen LogP contribution in [0.4, 0.5) is 4.79 Å². The predicted molar refractivity (Wildman–Crippen MR) is 122 cm³/mol. The van der Waals surface area contributed by atoms with Crippen LogP contribution in [-0.4, -0.2) is 64.2 Å². The summed E-state index contributed by atoms with van der Waals surface area (Å²) in [6.07, 6.45) is 7.57. The van der Waals surface area contributed by atoms with E-state index >= 15 is 0 Å². The molecular weight excluding hydrogens is 501 g/mol. The summed E-state index contributed by atoms with van der Waals surface area (Å²) in [7, 11) is 0. The SMILES string of the molecule is CC(C)(C)OC(=O)N[C@@H](CCCOC/C=C\C1CC1)C(=O)N1CC(I)C[C@H]1C(N)=O. The molecule has 0 spiro atoms. The summed E-state index contributed by atoms with van der Waals surface area (Å²) >= 11 is 2.21. The van der Waals surface area contributed by atoms with E-state index in [2.05, 4.69) is 34.0 Å². The van der Waals surface area contributed by atoms with Gasteiger partial charge in [0.05, 0.1) is 6.61 Å². The zero-order chi connectivity index (χ0) is 22.3. The van der Waals surface area contributed by atoms with Crippen molar-refractivity contribution in [2.24, 2.45) is 11.7 Å². The van der Waals surface area contributed by atoms with E-state index < -0.39 is 29.7 Å². The van der Waals surface area contributed by atoms with Crippen LogP contribution in [0.25, 0.3) is 0 Å². The van der Waals surface area contributed by atoms with Crippen LogP contribution in [-0.2, 0) is 19.1 Å². The molecule has 0 radical (unpaired) electrons. The Morgan fingerprint density at radius 2 is 2.00 bits per heavy atom. The molecule has 0 aromatic carbocycles. The summed E-state index contributed by atoms with van der Waals surface area (Å²) in [5.41, 5.74) is 4.82. The van der Waals surface area contributed by atoms with Gasteiger partial charge in [-0.15, -0.1) is 0 Å². The van der Waals surface area contributed by atoms with Crippen molar-refractivity contribution < 1.29 is 23.9 Å². The Kier molecular flexibility index (Phi) is 9.39. The molecule has 1 heterocycles. The van der Waals surface area contributed by atoms with Gasteiger partial charge in [-0.3, -0.25) is 9.59 Å². The first-order valence-electron chi connectivity index (χ1n) is 10.5. The molecule has 1 saturated carbocycles. The third kappa shape index (κ3) is 8.79. The molecule has 8 nitrogen and oxygen atoms in total. The molecule has 2 rings (SSSR count). The van der Waals surface area contributed by atoms with E-state index in [1.165, 1.54) is 17.7 Å². The Morgan fingerprint density at radius 1 is 1.30 bits per heavy atom. The Bertz CT molecular complexity index is 645. The number of halogens is 1. The summed E-state index contributed by atoms with van der Waals surface area (Å²) in [4.78, 5) is 38.7. The number of alkyl halides is 1. The molecule has 2 aliphatic rings. The van der Waals surface area contributed by atoms with Gasteiger partial charge < -0.3 is 25.4 Å². The van der Waals surface area contributed by atoms with Gasteiger partial charge in [-0.1, -0.05) is 34.7 Å². The number of nitrogens with one attached hydrogen (secondary N) is 1. The van der Waals surface area contributed by atoms with E-state index in [-0.39, 0.29) is 9.83 Å². The number of amides is 3. The third-order valence-electron chi connectivity index (χ3n) is 4.88. The number of hydrogen-bond acceptors (Lipinski definition) is 5. The minimum atomic E-state index is -0.797. The molecule has 1 unspecified atom stereocenters. The summed E-state index contributed by atoms with van der Waals surface area (Å²) < 4.78 is 11.1. The number of alkyl carbamates (subject to hydrolysis) is 1. The van der Waals surface area contributed by atoms with Crippen molar-refractivity contribution >= 4 is 40.5 Å². The lowest BCUT2D eigenvalue weighted by molar-refractivity contribution is -0.139. The highest BCUT2D eigenvalue weighted by atomic mass is 127. The second-order valence-corrected chi connectivity index (χ2v) is 10.7. The number of nitrogens with two attached hydrogens (primary N) is 1. The van der Waals surface area contributed by atoms with Crippen molar-refractivity contribution in [1.82, 2.24) is 10.2 Å². The maximum atomic E-state index is 13.1. The lowest BCUT2D eigenvalue weighted by Crippen LogP contribution is -2.53. The van der Waals surface area contributed by atoms with E-state index in [0.29, 0.717) is 44.9 Å². The topological polar surface area (TPSA) is 111 Å². The average Bonchev–Trinajstić information content (AvgIpc) is 3.36. The molecule has 0 bridgehead atoms. The molecule has 1 aliphatic carbocycles. The van der Waals surface area contributed by atoms with Gasteiger partial charge in [-0.2, -0.15) is 0 Å². The largest absolute Gasteiger partial charge is 0.444 e. The molecule has 9 heteroatoms. The van der Waals surface area contributed by atoms with Crippen LogP contribution < -0.4 is 11.1 Å². The van der Waals surface area contributed by atoms with Gasteiger partial charge >= 0.3 is 6.09 Å². The predicted octanol–water partition coefficient (Wildman–Crippen LogP) is 2.53. The second-order valence-electron chi connectivity index (χ2n) is 8.92. The van der Waals surface area contributed by atoms with Crippen LogP contribution in [0.15, 0.2) is 12.2 Å². The minimum absolute atomic E-state index is 0.146. The maximum Gasteiger partial charge on any atom is 0.408 e. The lowest BCUT2D eigenvalue weighted by atomic mass is 10.1. The first kappa shape index (κ1) is 24.9. The van der Waals surface area contributed by atoms with E-state index in [1.807, 2.05) is 6.08 Å². The quantitative estimate of drug-likeness (QED) is 0.193. The fourth-order valence-electron chi connectivity index (χ4n) is 3.28. The number of carbonyl (C=O) groups is 3. The monoisotopic (exact) mass is 535 g/mol. The van der Waals surface area contributed by atoms with Crippen LogP contribution in [0.1, 0.15) is 52.9 Å². The van der Waals surface area contributed by atoms with E-state index in [0.717, 1.165) is 0 Å². The molecule has 2 fully saturated rings. The van der Waals surface area contributed by atoms with E-state index in [9.17, 15) is 14.4 Å². The molecule has 0 aromatic heterocycles. The van der Waals surface area contributed by atoms with Crippen molar-refractivity contribution in [2.45, 2.75) is 74.5 Å². The van der Waals surface area contributed by atoms with Gasteiger partial charge in [0, 0.05) is 17.1 Å². The number of rotatable bonds is 10. The second kappa shape index (κ2) is 11.3. The Balaban J connectivity index is 1.92. The van der Waals surface area contributed by atoms with Crippen molar-refractivity contribution in [3.8, 4) is 0 Å². The number of likely N-dealkylation sites (tertiary alicyclic amines) is 1. The number of primary amides is 1. The molecule has 170 valence electrons. The standard InChI is InChI=1S/C21H34IN3O5/c1-21(2,3)30-20(28)24-16(7-5-11-29-10-4-6-14-8-9-14)19(27)25-13-15(22)12-17(25)18(23)26/h4,6,14-17H,5,7-13H2,1-3H3,(H2,23,26)(H,24,28)/b6-4-/t15?,16-,17-/m0/s1. The van der Waals surface area contributed by atoms with Crippen molar-refractivity contribution in [2.75, 3.05) is 19.8 Å². The first-order chi connectivity index (χ1) is 14.1. The normalized spacial score (nSPS) is 22.9. The molecule has 3 atom stereocenters. The Labute approximate surface area is 192 Å². The average molecular weight is 535 g/mol. The smallest absolute Gasteiger partial charge is 0.408 e. The Morgan fingerprint density at radius 3 is 2.60 bits per heavy atom. The van der Waals surface area contributed by atoms with E-state index in [4.69, 9.17) is 15.2 Å². The van der Waals surface area contributed by atoms with Crippen molar-refractivity contribution in [1.29, 1.82) is 0 Å². The summed E-state index contributed by atoms with van der Waals surface area (Å²) in [5, 5.41) is 2.67. The molecule has 3 N–H and O–H groups in total. The summed E-state index contributed by atoms with van der Waals surface area (Å²) in [6, 6.07) is -1.44. The molecule has 1 saturated heterocycles. The van der Waals surface area contributed by atoms with Crippen LogP contribution in [0.3, 0.4) is 0 Å². The van der Waals surface area contributed by atoms with Crippen molar-refractivity contribution in [3.05, 3.63) is 12.2 Å².